The van der Waals surface area contributed by atoms with Gasteiger partial charge in [0.2, 0.25) is 0 Å². The van der Waals surface area contributed by atoms with Crippen LogP contribution in [0.4, 0.5) is 4.79 Å². The van der Waals surface area contributed by atoms with Gasteiger partial charge in [-0.15, -0.1) is 0 Å². The summed E-state index contributed by atoms with van der Waals surface area (Å²) in [7, 11) is -2.42. The number of ether oxygens (including phenoxy) is 2. The number of carbonyl (C=O) groups is 2. The van der Waals surface area contributed by atoms with Crippen LogP contribution in [-0.2, 0) is 20.6 Å². The van der Waals surface area contributed by atoms with Gasteiger partial charge < -0.3 is 24.3 Å². The van der Waals surface area contributed by atoms with Crippen molar-refractivity contribution in [2.24, 2.45) is 0 Å². The van der Waals surface area contributed by atoms with E-state index >= 15 is 0 Å². The highest BCUT2D eigenvalue weighted by atomic mass is 28.4. The molecule has 192 valence electrons. The summed E-state index contributed by atoms with van der Waals surface area (Å²) in [5.74, 6) is -0.556. The Morgan fingerprint density at radius 1 is 0.943 bits per heavy atom. The van der Waals surface area contributed by atoms with E-state index < -0.39 is 38.1 Å². The van der Waals surface area contributed by atoms with E-state index in [0.29, 0.717) is 17.9 Å². The van der Waals surface area contributed by atoms with Crippen LogP contribution in [0.15, 0.2) is 54.6 Å². The van der Waals surface area contributed by atoms with Crippen molar-refractivity contribution in [3.05, 3.63) is 65.7 Å². The summed E-state index contributed by atoms with van der Waals surface area (Å²) < 4.78 is 17.7. The number of amides is 1. The Labute approximate surface area is 209 Å². The molecule has 2 aromatic rings. The van der Waals surface area contributed by atoms with Gasteiger partial charge in [-0.3, -0.25) is 0 Å². The molecule has 8 heteroatoms. The van der Waals surface area contributed by atoms with E-state index in [1.165, 1.54) is 0 Å². The third-order valence-corrected chi connectivity index (χ3v) is 10.4. The largest absolute Gasteiger partial charge is 0.489 e. The Hall–Kier alpha value is -2.84. The molecule has 0 aliphatic rings. The molecule has 0 spiro atoms. The van der Waals surface area contributed by atoms with Gasteiger partial charge in [0.05, 0.1) is 0 Å². The SMILES string of the molecule is CC(C)(C)OC(=O)N[C@H](C(=O)O)[C@@H](O[Si](C)(C)C(C)(C)C)c1ccc(OCc2ccccc2)cc1. The summed E-state index contributed by atoms with van der Waals surface area (Å²) in [4.78, 5) is 24.8. The molecule has 0 bridgehead atoms. The van der Waals surface area contributed by atoms with Crippen LogP contribution in [0, 0.1) is 0 Å². The van der Waals surface area contributed by atoms with Gasteiger partial charge in [0, 0.05) is 0 Å². The first kappa shape index (κ1) is 28.4. The average molecular weight is 502 g/mol. The van der Waals surface area contributed by atoms with Crippen LogP contribution < -0.4 is 10.1 Å². The van der Waals surface area contributed by atoms with Crippen LogP contribution in [0.25, 0.3) is 0 Å². The standard InChI is InChI=1S/C27H39NO6Si/c1-26(2,3)33-25(31)28-22(24(29)30)23(34-35(7,8)27(4,5)6)20-14-16-21(17-15-20)32-18-19-12-10-9-11-13-19/h9-17,22-23H,18H2,1-8H3,(H,28,31)(H,29,30)/t22-,23-/m0/s1. The van der Waals surface area contributed by atoms with Crippen LogP contribution in [0.5, 0.6) is 5.75 Å². The molecule has 0 aliphatic carbocycles. The Bertz CT molecular complexity index is 977. The maximum Gasteiger partial charge on any atom is 0.408 e. The second-order valence-electron chi connectivity index (χ2n) is 11.1. The molecule has 0 heterocycles. The number of carbonyl (C=O) groups excluding carboxylic acids is 1. The van der Waals surface area contributed by atoms with Gasteiger partial charge in [0.1, 0.15) is 24.1 Å². The zero-order chi connectivity index (χ0) is 26.4. The first-order valence-electron chi connectivity index (χ1n) is 11.8. The van der Waals surface area contributed by atoms with E-state index in [-0.39, 0.29) is 5.04 Å². The van der Waals surface area contributed by atoms with E-state index in [0.717, 1.165) is 5.56 Å². The first-order valence-corrected chi connectivity index (χ1v) is 14.7. The van der Waals surface area contributed by atoms with Crippen molar-refractivity contribution in [3.8, 4) is 5.75 Å². The minimum atomic E-state index is -2.42. The van der Waals surface area contributed by atoms with Gasteiger partial charge in [-0.25, -0.2) is 9.59 Å². The Kier molecular flexibility index (Phi) is 9.14. The lowest BCUT2D eigenvalue weighted by molar-refractivity contribution is -0.142. The monoisotopic (exact) mass is 501 g/mol. The van der Waals surface area contributed by atoms with E-state index in [9.17, 15) is 14.7 Å². The molecule has 7 nitrogen and oxygen atoms in total. The van der Waals surface area contributed by atoms with Crippen molar-refractivity contribution in [1.29, 1.82) is 0 Å². The van der Waals surface area contributed by atoms with Crippen LogP contribution in [0.1, 0.15) is 58.8 Å². The van der Waals surface area contributed by atoms with Gasteiger partial charge in [0.25, 0.3) is 0 Å². The maximum atomic E-state index is 12.5. The molecule has 0 aliphatic heterocycles. The van der Waals surface area contributed by atoms with Gasteiger partial charge >= 0.3 is 12.1 Å². The molecular formula is C27H39NO6Si. The molecule has 2 rings (SSSR count). The number of nitrogens with one attached hydrogen (secondary N) is 1. The fraction of sp³-hybridized carbons (Fsp3) is 0.481. The zero-order valence-electron chi connectivity index (χ0n) is 22.0. The van der Waals surface area contributed by atoms with E-state index in [1.54, 1.807) is 45.0 Å². The Morgan fingerprint density at radius 3 is 2.00 bits per heavy atom. The molecule has 35 heavy (non-hydrogen) atoms. The van der Waals surface area contributed by atoms with E-state index in [2.05, 4.69) is 26.1 Å². The minimum Gasteiger partial charge on any atom is -0.489 e. The number of hydrogen-bond acceptors (Lipinski definition) is 5. The van der Waals surface area contributed by atoms with Gasteiger partial charge in [-0.05, 0) is 62.2 Å². The molecule has 0 aromatic heterocycles. The summed E-state index contributed by atoms with van der Waals surface area (Å²) in [5.41, 5.74) is 0.911. The van der Waals surface area contributed by atoms with Crippen molar-refractivity contribution in [1.82, 2.24) is 5.32 Å². The Morgan fingerprint density at radius 2 is 1.51 bits per heavy atom. The number of hydrogen-bond donors (Lipinski definition) is 2. The summed E-state index contributed by atoms with van der Waals surface area (Å²) in [6.07, 6.45) is -1.72. The third-order valence-electron chi connectivity index (χ3n) is 5.93. The maximum absolute atomic E-state index is 12.5. The minimum absolute atomic E-state index is 0.168. The summed E-state index contributed by atoms with van der Waals surface area (Å²) >= 11 is 0. The predicted molar refractivity (Wildman–Crippen MR) is 139 cm³/mol. The van der Waals surface area contributed by atoms with Crippen LogP contribution in [0.2, 0.25) is 18.1 Å². The molecule has 2 N–H and O–H groups in total. The normalized spacial score (nSPS) is 14.1. The lowest BCUT2D eigenvalue weighted by Gasteiger charge is -2.41. The second-order valence-corrected chi connectivity index (χ2v) is 15.9. The highest BCUT2D eigenvalue weighted by Crippen LogP contribution is 2.41. The van der Waals surface area contributed by atoms with Crippen molar-refractivity contribution < 1.29 is 28.6 Å². The van der Waals surface area contributed by atoms with Crippen LogP contribution >= 0.6 is 0 Å². The molecular weight excluding hydrogens is 462 g/mol. The van der Waals surface area contributed by atoms with E-state index in [1.807, 2.05) is 43.4 Å². The van der Waals surface area contributed by atoms with Gasteiger partial charge in [-0.1, -0.05) is 63.2 Å². The number of rotatable bonds is 9. The molecule has 0 saturated carbocycles. The van der Waals surface area contributed by atoms with Crippen molar-refractivity contribution >= 4 is 20.4 Å². The molecule has 0 radical (unpaired) electrons. The van der Waals surface area contributed by atoms with Crippen LogP contribution in [0.3, 0.4) is 0 Å². The number of carboxylic acids is 1. The molecule has 0 saturated heterocycles. The molecule has 2 atom stereocenters. The van der Waals surface area contributed by atoms with Gasteiger partial charge in [0.15, 0.2) is 14.4 Å². The van der Waals surface area contributed by atoms with Crippen LogP contribution in [-0.4, -0.2) is 37.1 Å². The number of benzene rings is 2. The summed E-state index contributed by atoms with van der Waals surface area (Å²) in [5, 5.41) is 12.4. The zero-order valence-corrected chi connectivity index (χ0v) is 23.0. The molecule has 0 fully saturated rings. The predicted octanol–water partition coefficient (Wildman–Crippen LogP) is 6.31. The highest BCUT2D eigenvalue weighted by Gasteiger charge is 2.43. The fourth-order valence-electron chi connectivity index (χ4n) is 3.02. The van der Waals surface area contributed by atoms with Crippen molar-refractivity contribution in [3.63, 3.8) is 0 Å². The van der Waals surface area contributed by atoms with Gasteiger partial charge in [-0.2, -0.15) is 0 Å². The quantitative estimate of drug-likeness (QED) is 0.391. The average Bonchev–Trinajstić information content (AvgIpc) is 2.73. The molecule has 1 amide bonds. The Balaban J connectivity index is 2.33. The van der Waals surface area contributed by atoms with Crippen molar-refractivity contribution in [2.45, 2.75) is 84.0 Å². The topological polar surface area (TPSA) is 94.1 Å². The first-order chi connectivity index (χ1) is 16.1. The van der Waals surface area contributed by atoms with E-state index in [4.69, 9.17) is 13.9 Å². The molecule has 0 unspecified atom stereocenters. The highest BCUT2D eigenvalue weighted by molar-refractivity contribution is 6.74. The summed E-state index contributed by atoms with van der Waals surface area (Å²) in [6, 6.07) is 15.6. The number of carboxylic acid groups (broad SMARTS) is 1. The summed E-state index contributed by atoms with van der Waals surface area (Å²) in [6.45, 7) is 15.9. The van der Waals surface area contributed by atoms with Crippen molar-refractivity contribution in [2.75, 3.05) is 0 Å². The third kappa shape index (κ3) is 8.71. The number of alkyl carbamates (subject to hydrolysis) is 1. The lowest BCUT2D eigenvalue weighted by Crippen LogP contribution is -2.51. The lowest BCUT2D eigenvalue weighted by atomic mass is 10.0. The smallest absolute Gasteiger partial charge is 0.408 e. The number of aliphatic carboxylic acids is 1. The second kappa shape index (κ2) is 11.3. The fourth-order valence-corrected chi connectivity index (χ4v) is 4.28. The molecule has 2 aromatic carbocycles.